The molecule has 0 spiro atoms. The van der Waals surface area contributed by atoms with Crippen molar-refractivity contribution in [2.24, 2.45) is 0 Å². The molecule has 18 heavy (non-hydrogen) atoms. The molecule has 100 valence electrons. The van der Waals surface area contributed by atoms with Gasteiger partial charge in [-0.1, -0.05) is 43.7 Å². The maximum atomic E-state index is 11.2. The van der Waals surface area contributed by atoms with E-state index in [0.717, 1.165) is 18.4 Å². The number of methoxy groups -OCH3 is 1. The third-order valence-electron chi connectivity index (χ3n) is 1.95. The van der Waals surface area contributed by atoms with E-state index < -0.39 is 0 Å². The van der Waals surface area contributed by atoms with Crippen LogP contribution in [-0.4, -0.2) is 26.8 Å². The quantitative estimate of drug-likeness (QED) is 0.457. The summed E-state index contributed by atoms with van der Waals surface area (Å²) in [5.74, 6) is -0.271. The van der Waals surface area contributed by atoms with Crippen LogP contribution in [0, 0.1) is 0 Å². The first-order valence-corrected chi connectivity index (χ1v) is 6.04. The first kappa shape index (κ1) is 16.4. The van der Waals surface area contributed by atoms with E-state index >= 15 is 0 Å². The van der Waals surface area contributed by atoms with Gasteiger partial charge in [-0.3, -0.25) is 0 Å². The van der Waals surface area contributed by atoms with Gasteiger partial charge >= 0.3 is 5.97 Å². The number of esters is 1. The van der Waals surface area contributed by atoms with Crippen LogP contribution in [-0.2, 0) is 14.3 Å². The second-order valence-corrected chi connectivity index (χ2v) is 3.67. The van der Waals surface area contributed by atoms with Gasteiger partial charge in [-0.25, -0.2) is 4.79 Å². The monoisotopic (exact) mass is 250 g/mol. The Morgan fingerprint density at radius 3 is 2.39 bits per heavy atom. The fourth-order valence-electron chi connectivity index (χ4n) is 1.09. The Labute approximate surface area is 109 Å². The minimum atomic E-state index is -0.271. The van der Waals surface area contributed by atoms with E-state index in [2.05, 4.69) is 11.7 Å². The van der Waals surface area contributed by atoms with Gasteiger partial charge in [0.15, 0.2) is 0 Å². The van der Waals surface area contributed by atoms with Gasteiger partial charge in [-0.2, -0.15) is 0 Å². The van der Waals surface area contributed by atoms with Crippen molar-refractivity contribution in [3.8, 4) is 0 Å². The molecule has 0 radical (unpaired) electrons. The van der Waals surface area contributed by atoms with Crippen molar-refractivity contribution in [2.75, 3.05) is 20.8 Å². The number of unbranched alkanes of at least 4 members (excludes halogenated alkanes) is 1. The molecule has 1 aromatic rings. The highest BCUT2D eigenvalue weighted by Crippen LogP contribution is 2.01. The Morgan fingerprint density at radius 1 is 1.22 bits per heavy atom. The maximum absolute atomic E-state index is 11.2. The lowest BCUT2D eigenvalue weighted by atomic mass is 10.2. The molecular weight excluding hydrogens is 228 g/mol. The normalized spacial score (nSPS) is 9.72. The van der Waals surface area contributed by atoms with Crippen LogP contribution >= 0.6 is 0 Å². The van der Waals surface area contributed by atoms with Crippen molar-refractivity contribution < 1.29 is 14.3 Å². The van der Waals surface area contributed by atoms with E-state index in [1.165, 1.54) is 6.08 Å². The largest absolute Gasteiger partial charge is 0.463 e. The molecule has 0 N–H and O–H groups in total. The van der Waals surface area contributed by atoms with Crippen molar-refractivity contribution in [3.05, 3.63) is 42.0 Å². The van der Waals surface area contributed by atoms with E-state index in [-0.39, 0.29) is 5.97 Å². The fraction of sp³-hybridized carbons (Fsp3) is 0.400. The van der Waals surface area contributed by atoms with Gasteiger partial charge in [0.2, 0.25) is 0 Å². The van der Waals surface area contributed by atoms with Crippen molar-refractivity contribution in [1.82, 2.24) is 0 Å². The Hall–Kier alpha value is -1.61. The van der Waals surface area contributed by atoms with Crippen LogP contribution in [0.4, 0.5) is 0 Å². The summed E-state index contributed by atoms with van der Waals surface area (Å²) >= 11 is 0. The first-order valence-electron chi connectivity index (χ1n) is 6.04. The minimum absolute atomic E-state index is 0.271. The molecule has 1 rings (SSSR count). The zero-order chi connectivity index (χ0) is 13.6. The Morgan fingerprint density at radius 2 is 1.83 bits per heavy atom. The van der Waals surface area contributed by atoms with E-state index in [4.69, 9.17) is 4.74 Å². The lowest BCUT2D eigenvalue weighted by Gasteiger charge is -1.98. The highest BCUT2D eigenvalue weighted by atomic mass is 16.5. The molecule has 0 atom stereocenters. The van der Waals surface area contributed by atoms with Crippen LogP contribution in [0.5, 0.6) is 0 Å². The molecule has 0 aromatic heterocycles. The molecule has 0 saturated heterocycles. The van der Waals surface area contributed by atoms with Crippen molar-refractivity contribution in [3.63, 3.8) is 0 Å². The van der Waals surface area contributed by atoms with E-state index in [0.29, 0.717) is 6.61 Å². The lowest BCUT2D eigenvalue weighted by molar-refractivity contribution is -0.137. The van der Waals surface area contributed by atoms with Gasteiger partial charge < -0.3 is 9.47 Å². The van der Waals surface area contributed by atoms with Gasteiger partial charge in [0.05, 0.1) is 6.61 Å². The number of hydrogen-bond donors (Lipinski definition) is 0. The average molecular weight is 250 g/mol. The molecule has 0 fully saturated rings. The summed E-state index contributed by atoms with van der Waals surface area (Å²) < 4.78 is 9.23. The molecule has 0 heterocycles. The van der Waals surface area contributed by atoms with Crippen LogP contribution in [0.25, 0.3) is 6.08 Å². The zero-order valence-corrected chi connectivity index (χ0v) is 11.4. The number of hydrogen-bond acceptors (Lipinski definition) is 3. The molecule has 0 saturated carbocycles. The Bertz CT molecular complexity index is 331. The van der Waals surface area contributed by atoms with Gasteiger partial charge in [0.25, 0.3) is 0 Å². The Kier molecular flexibility index (Phi) is 10.8. The van der Waals surface area contributed by atoms with Crippen molar-refractivity contribution in [1.29, 1.82) is 0 Å². The summed E-state index contributed by atoms with van der Waals surface area (Å²) in [7, 11) is 3.25. The molecule has 3 heteroatoms. The molecule has 3 nitrogen and oxygen atoms in total. The maximum Gasteiger partial charge on any atom is 0.330 e. The summed E-state index contributed by atoms with van der Waals surface area (Å²) in [6.45, 7) is 2.57. The molecule has 0 aliphatic rings. The second kappa shape index (κ2) is 11.9. The topological polar surface area (TPSA) is 35.5 Å². The number of carbonyl (C=O) groups is 1. The molecule has 0 amide bonds. The van der Waals surface area contributed by atoms with Gasteiger partial charge in [0.1, 0.15) is 0 Å². The first-order chi connectivity index (χ1) is 8.74. The summed E-state index contributed by atoms with van der Waals surface area (Å²) in [5.41, 5.74) is 1.00. The van der Waals surface area contributed by atoms with Gasteiger partial charge in [-0.05, 0) is 18.1 Å². The van der Waals surface area contributed by atoms with Crippen LogP contribution < -0.4 is 0 Å². The minimum Gasteiger partial charge on any atom is -0.463 e. The van der Waals surface area contributed by atoms with Crippen LogP contribution in [0.15, 0.2) is 36.4 Å². The van der Waals surface area contributed by atoms with Gasteiger partial charge in [0, 0.05) is 20.3 Å². The molecule has 0 bridgehead atoms. The number of carbonyl (C=O) groups excluding carboxylic acids is 1. The highest BCUT2D eigenvalue weighted by Gasteiger charge is 1.95. The predicted octanol–water partition coefficient (Wildman–Crippen LogP) is 3.31. The molecule has 0 unspecified atom stereocenters. The van der Waals surface area contributed by atoms with Crippen LogP contribution in [0.2, 0.25) is 0 Å². The van der Waals surface area contributed by atoms with Gasteiger partial charge in [-0.15, -0.1) is 0 Å². The standard InChI is InChI=1S/C13H16O2.C2H6O/c1-2-3-11-15-13(14)10-9-12-7-5-4-6-8-12;1-3-2/h4-10H,2-3,11H2,1H3;1-2H3/b10-9+;. The van der Waals surface area contributed by atoms with E-state index in [1.54, 1.807) is 20.3 Å². The summed E-state index contributed by atoms with van der Waals surface area (Å²) in [6.07, 6.45) is 5.18. The SMILES string of the molecule is CCCCOC(=O)/C=C/c1ccccc1.COC. The molecule has 0 aliphatic carbocycles. The summed E-state index contributed by atoms with van der Waals surface area (Å²) in [6, 6.07) is 9.69. The van der Waals surface area contributed by atoms with Crippen molar-refractivity contribution >= 4 is 12.0 Å². The summed E-state index contributed by atoms with van der Waals surface area (Å²) in [4.78, 5) is 11.2. The van der Waals surface area contributed by atoms with Crippen molar-refractivity contribution in [2.45, 2.75) is 19.8 Å². The zero-order valence-electron chi connectivity index (χ0n) is 11.4. The fourth-order valence-corrected chi connectivity index (χ4v) is 1.09. The van der Waals surface area contributed by atoms with Crippen LogP contribution in [0.1, 0.15) is 25.3 Å². The number of rotatable bonds is 5. The molecular formula is C15H22O3. The van der Waals surface area contributed by atoms with E-state index in [1.807, 2.05) is 30.3 Å². The second-order valence-electron chi connectivity index (χ2n) is 3.67. The predicted molar refractivity (Wildman–Crippen MR) is 74.3 cm³/mol. The number of benzene rings is 1. The summed E-state index contributed by atoms with van der Waals surface area (Å²) in [5, 5.41) is 0. The Balaban J connectivity index is 0.000000873. The number of ether oxygens (including phenoxy) is 2. The third kappa shape index (κ3) is 9.60. The molecule has 0 aliphatic heterocycles. The highest BCUT2D eigenvalue weighted by molar-refractivity contribution is 5.86. The van der Waals surface area contributed by atoms with E-state index in [9.17, 15) is 4.79 Å². The van der Waals surface area contributed by atoms with Crippen LogP contribution in [0.3, 0.4) is 0 Å². The average Bonchev–Trinajstić information content (AvgIpc) is 2.39. The molecule has 1 aromatic carbocycles. The lowest BCUT2D eigenvalue weighted by Crippen LogP contribution is -2.01. The third-order valence-corrected chi connectivity index (χ3v) is 1.95. The smallest absolute Gasteiger partial charge is 0.330 e.